The highest BCUT2D eigenvalue weighted by Gasteiger charge is 2.50. The first-order chi connectivity index (χ1) is 15.6. The average Bonchev–Trinajstić information content (AvgIpc) is 3.13. The van der Waals surface area contributed by atoms with Crippen molar-refractivity contribution < 1.29 is 14.4 Å². The minimum absolute atomic E-state index is 0.0762. The summed E-state index contributed by atoms with van der Waals surface area (Å²) < 4.78 is 3.04. The van der Waals surface area contributed by atoms with Crippen molar-refractivity contribution in [3.05, 3.63) is 81.2 Å². The zero-order chi connectivity index (χ0) is 23.9. The lowest BCUT2D eigenvalue weighted by molar-refractivity contribution is -0.133. The van der Waals surface area contributed by atoms with Gasteiger partial charge in [0.2, 0.25) is 5.91 Å². The molecule has 0 spiro atoms. The van der Waals surface area contributed by atoms with Crippen LogP contribution in [-0.2, 0) is 22.2 Å². The van der Waals surface area contributed by atoms with Gasteiger partial charge in [0.05, 0.1) is 11.4 Å². The third-order valence-electron chi connectivity index (χ3n) is 5.81. The maximum atomic E-state index is 13.1. The van der Waals surface area contributed by atoms with Crippen molar-refractivity contribution in [2.75, 3.05) is 11.9 Å². The number of nitrogens with one attached hydrogen (secondary N) is 2. The normalized spacial score (nSPS) is 17.9. The zero-order valence-corrected chi connectivity index (χ0v) is 19.0. The zero-order valence-electron chi connectivity index (χ0n) is 18.3. The van der Waals surface area contributed by atoms with Crippen LogP contribution in [0.1, 0.15) is 18.2 Å². The quantitative estimate of drug-likeness (QED) is 0.562. The lowest BCUT2D eigenvalue weighted by Gasteiger charge is -2.23. The molecule has 1 aliphatic heterocycles. The van der Waals surface area contributed by atoms with Crippen LogP contribution in [0.25, 0.3) is 5.69 Å². The molecule has 2 heterocycles. The Bertz CT molecular complexity index is 1330. The molecule has 4 amide bonds. The summed E-state index contributed by atoms with van der Waals surface area (Å²) in [7, 11) is 1.70. The van der Waals surface area contributed by atoms with Crippen molar-refractivity contribution in [2.24, 2.45) is 7.05 Å². The van der Waals surface area contributed by atoms with Crippen molar-refractivity contribution >= 4 is 35.1 Å². The Labute approximate surface area is 194 Å². The molecule has 2 aromatic carbocycles. The van der Waals surface area contributed by atoms with Crippen molar-refractivity contribution in [1.29, 1.82) is 0 Å². The Kier molecular flexibility index (Phi) is 5.59. The molecular weight excluding hydrogens is 446 g/mol. The molecule has 1 fully saturated rings. The van der Waals surface area contributed by atoms with Crippen LogP contribution in [0.5, 0.6) is 0 Å². The molecule has 1 atom stereocenters. The van der Waals surface area contributed by atoms with E-state index < -0.39 is 35.5 Å². The highest BCUT2D eigenvalue weighted by molar-refractivity contribution is 6.32. The van der Waals surface area contributed by atoms with Crippen molar-refractivity contribution in [3.63, 3.8) is 0 Å². The first-order valence-electron chi connectivity index (χ1n) is 10.2. The minimum atomic E-state index is -1.40. The van der Waals surface area contributed by atoms with Crippen LogP contribution in [-0.4, -0.2) is 38.7 Å². The molecule has 170 valence electrons. The lowest BCUT2D eigenvalue weighted by Crippen LogP contribution is -2.42. The monoisotopic (exact) mass is 467 g/mol. The van der Waals surface area contributed by atoms with Gasteiger partial charge in [0.15, 0.2) is 0 Å². The second kappa shape index (κ2) is 8.25. The predicted molar refractivity (Wildman–Crippen MR) is 123 cm³/mol. The van der Waals surface area contributed by atoms with E-state index in [1.54, 1.807) is 67.2 Å². The van der Waals surface area contributed by atoms with E-state index in [1.807, 2.05) is 6.07 Å². The Balaban J connectivity index is 1.57. The Morgan fingerprint density at radius 2 is 1.70 bits per heavy atom. The molecule has 1 aromatic heterocycles. The Morgan fingerprint density at radius 3 is 2.36 bits per heavy atom. The van der Waals surface area contributed by atoms with E-state index in [1.165, 1.54) is 11.6 Å². The number of halogens is 1. The maximum Gasteiger partial charge on any atom is 0.325 e. The van der Waals surface area contributed by atoms with Gasteiger partial charge < -0.3 is 10.6 Å². The van der Waals surface area contributed by atoms with Gasteiger partial charge in [-0.2, -0.15) is 0 Å². The summed E-state index contributed by atoms with van der Waals surface area (Å²) in [6.07, 6.45) is 0. The molecule has 33 heavy (non-hydrogen) atoms. The molecule has 0 bridgehead atoms. The summed E-state index contributed by atoms with van der Waals surface area (Å²) in [6, 6.07) is 14.9. The van der Waals surface area contributed by atoms with Crippen molar-refractivity contribution in [3.8, 4) is 5.69 Å². The van der Waals surface area contributed by atoms with E-state index in [0.717, 1.165) is 4.90 Å². The molecule has 0 unspecified atom stereocenters. The van der Waals surface area contributed by atoms with Gasteiger partial charge >= 0.3 is 6.03 Å². The second-order valence-corrected chi connectivity index (χ2v) is 8.32. The number of amides is 4. The van der Waals surface area contributed by atoms with Gasteiger partial charge in [-0.25, -0.2) is 9.48 Å². The number of carbonyl (C=O) groups is 3. The summed E-state index contributed by atoms with van der Waals surface area (Å²) in [4.78, 5) is 52.2. The molecule has 0 radical (unpaired) electrons. The Morgan fingerprint density at radius 1 is 1.06 bits per heavy atom. The van der Waals surface area contributed by atoms with Crippen LogP contribution in [0, 0.1) is 6.92 Å². The minimum Gasteiger partial charge on any atom is -0.319 e. The molecule has 4 rings (SSSR count). The van der Waals surface area contributed by atoms with E-state index in [0.29, 0.717) is 22.0 Å². The van der Waals surface area contributed by atoms with E-state index >= 15 is 0 Å². The molecule has 3 aromatic rings. The number of para-hydroxylation sites is 1. The number of anilines is 1. The van der Waals surface area contributed by atoms with Gasteiger partial charge in [0, 0.05) is 17.6 Å². The average molecular weight is 468 g/mol. The fourth-order valence-corrected chi connectivity index (χ4v) is 4.25. The third-order valence-corrected chi connectivity index (χ3v) is 6.14. The van der Waals surface area contributed by atoms with Crippen LogP contribution in [0.15, 0.2) is 59.4 Å². The van der Waals surface area contributed by atoms with Gasteiger partial charge in [-0.1, -0.05) is 48.0 Å². The number of hydrogen-bond donors (Lipinski definition) is 2. The first kappa shape index (κ1) is 22.3. The highest BCUT2D eigenvalue weighted by atomic mass is 35.5. The largest absolute Gasteiger partial charge is 0.325 e. The number of rotatable bonds is 5. The number of carbonyl (C=O) groups excluding carboxylic acids is 3. The van der Waals surface area contributed by atoms with Crippen molar-refractivity contribution in [2.45, 2.75) is 19.4 Å². The van der Waals surface area contributed by atoms with Crippen molar-refractivity contribution in [1.82, 2.24) is 19.6 Å². The standard InChI is InChI=1S/C23H22ClN5O4/c1-14-19(20(31)29(27(14)3)15-9-5-4-6-10-15)25-18(30)13-28-21(32)23(2,26-22(28)33)16-11-7-8-12-17(16)24/h4-12H,13H2,1-3H3,(H,25,30)(H,26,33)/t23-/m1/s1. The number of benzene rings is 2. The molecule has 1 aliphatic rings. The van der Waals surface area contributed by atoms with Crippen LogP contribution in [0.4, 0.5) is 10.5 Å². The summed E-state index contributed by atoms with van der Waals surface area (Å²) in [5.74, 6) is -1.28. The Hall–Kier alpha value is -3.85. The summed E-state index contributed by atoms with van der Waals surface area (Å²) >= 11 is 6.23. The smallest absolute Gasteiger partial charge is 0.319 e. The van der Waals surface area contributed by atoms with Crippen LogP contribution in [0.2, 0.25) is 5.02 Å². The fraction of sp³-hybridized carbons (Fsp3) is 0.217. The van der Waals surface area contributed by atoms with Crippen LogP contribution < -0.4 is 16.2 Å². The maximum absolute atomic E-state index is 13.1. The SMILES string of the molecule is Cc1c(NC(=O)CN2C(=O)N[C@](C)(c3ccccc3Cl)C2=O)c(=O)n(-c2ccccc2)n1C. The van der Waals surface area contributed by atoms with E-state index in [9.17, 15) is 19.2 Å². The third kappa shape index (κ3) is 3.70. The molecular formula is C23H22ClN5O4. The van der Waals surface area contributed by atoms with Gasteiger partial charge in [-0.3, -0.25) is 24.0 Å². The van der Waals surface area contributed by atoms with Crippen LogP contribution >= 0.6 is 11.6 Å². The number of urea groups is 1. The molecule has 9 nitrogen and oxygen atoms in total. The summed E-state index contributed by atoms with van der Waals surface area (Å²) in [6.45, 7) is 2.68. The predicted octanol–water partition coefficient (Wildman–Crippen LogP) is 2.54. The second-order valence-electron chi connectivity index (χ2n) is 7.91. The summed E-state index contributed by atoms with van der Waals surface area (Å²) in [5, 5.41) is 5.50. The van der Waals surface area contributed by atoms with E-state index in [-0.39, 0.29) is 5.69 Å². The number of imide groups is 1. The molecule has 1 saturated heterocycles. The summed E-state index contributed by atoms with van der Waals surface area (Å²) in [5.41, 5.74) is -0.163. The van der Waals surface area contributed by atoms with E-state index in [2.05, 4.69) is 10.6 Å². The fourth-order valence-electron chi connectivity index (χ4n) is 3.92. The topological polar surface area (TPSA) is 105 Å². The first-order valence-corrected chi connectivity index (χ1v) is 10.6. The molecule has 0 saturated carbocycles. The molecule has 2 N–H and O–H groups in total. The number of nitrogens with zero attached hydrogens (tertiary/aromatic N) is 3. The molecule has 10 heteroatoms. The van der Waals surface area contributed by atoms with Gasteiger partial charge in [-0.15, -0.1) is 0 Å². The van der Waals surface area contributed by atoms with Crippen LogP contribution in [0.3, 0.4) is 0 Å². The molecule has 0 aliphatic carbocycles. The van der Waals surface area contributed by atoms with E-state index in [4.69, 9.17) is 11.6 Å². The highest BCUT2D eigenvalue weighted by Crippen LogP contribution is 2.33. The van der Waals surface area contributed by atoms with Gasteiger partial charge in [-0.05, 0) is 32.0 Å². The lowest BCUT2D eigenvalue weighted by atomic mass is 9.92. The van der Waals surface area contributed by atoms with Gasteiger partial charge in [0.1, 0.15) is 17.8 Å². The van der Waals surface area contributed by atoms with Gasteiger partial charge in [0.25, 0.3) is 11.5 Å². The number of aromatic nitrogens is 2. The number of hydrogen-bond acceptors (Lipinski definition) is 4.